The summed E-state index contributed by atoms with van der Waals surface area (Å²) in [5.74, 6) is -1.53. The van der Waals surface area contributed by atoms with Gasteiger partial charge in [0.05, 0.1) is 6.54 Å². The first-order valence-electron chi connectivity index (χ1n) is 5.01. The maximum Gasteiger partial charge on any atom is 0.345 e. The Bertz CT molecular complexity index is 592. The number of carboxylic acid groups (broad SMARTS) is 1. The minimum absolute atomic E-state index is 0.0463. The molecule has 1 aromatic rings. The summed E-state index contributed by atoms with van der Waals surface area (Å²) in [6.45, 7) is 0.215. The van der Waals surface area contributed by atoms with E-state index < -0.39 is 16.0 Å². The van der Waals surface area contributed by atoms with Crippen molar-refractivity contribution in [2.24, 2.45) is 0 Å². The van der Waals surface area contributed by atoms with Gasteiger partial charge in [0.1, 0.15) is 9.09 Å². The molecule has 1 amide bonds. The smallest absolute Gasteiger partial charge is 0.345 e. The van der Waals surface area contributed by atoms with Crippen LogP contribution >= 0.6 is 11.3 Å². The molecule has 1 saturated heterocycles. The summed E-state index contributed by atoms with van der Waals surface area (Å²) in [5.41, 5.74) is 0. The van der Waals surface area contributed by atoms with Gasteiger partial charge >= 0.3 is 5.97 Å². The topological polar surface area (TPSA) is 104 Å². The Hall–Kier alpha value is -1.45. The van der Waals surface area contributed by atoms with Gasteiger partial charge in [-0.1, -0.05) is 0 Å². The van der Waals surface area contributed by atoms with Crippen LogP contribution in [0.2, 0.25) is 0 Å². The molecule has 1 aromatic heterocycles. The second kappa shape index (κ2) is 4.67. The molecular weight excluding hydrogens is 280 g/mol. The SMILES string of the molecule is O=C1CN(S(=O)(=O)c2ccc(C(=O)O)s2)CCN1. The second-order valence-electron chi connectivity index (χ2n) is 3.61. The van der Waals surface area contributed by atoms with Gasteiger partial charge in [-0.3, -0.25) is 4.79 Å². The average molecular weight is 290 g/mol. The molecule has 0 spiro atoms. The summed E-state index contributed by atoms with van der Waals surface area (Å²) in [5, 5.41) is 11.3. The molecule has 9 heteroatoms. The fourth-order valence-electron chi connectivity index (χ4n) is 1.52. The first kappa shape index (κ1) is 13.0. The molecule has 2 heterocycles. The molecule has 0 radical (unpaired) electrons. The minimum Gasteiger partial charge on any atom is -0.477 e. The largest absolute Gasteiger partial charge is 0.477 e. The quantitative estimate of drug-likeness (QED) is 0.786. The van der Waals surface area contributed by atoms with Crippen LogP contribution in [0.5, 0.6) is 0 Å². The Balaban J connectivity index is 2.29. The van der Waals surface area contributed by atoms with Crippen LogP contribution < -0.4 is 5.32 Å². The summed E-state index contributed by atoms with van der Waals surface area (Å²) in [4.78, 5) is 21.8. The molecule has 0 unspecified atom stereocenters. The van der Waals surface area contributed by atoms with Gasteiger partial charge in [0.25, 0.3) is 10.0 Å². The lowest BCUT2D eigenvalue weighted by molar-refractivity contribution is -0.122. The number of nitrogens with zero attached hydrogens (tertiary/aromatic N) is 1. The van der Waals surface area contributed by atoms with Gasteiger partial charge in [-0.15, -0.1) is 11.3 Å². The third-order valence-corrected chi connectivity index (χ3v) is 5.78. The zero-order valence-corrected chi connectivity index (χ0v) is 10.8. The van der Waals surface area contributed by atoms with Crippen LogP contribution in [-0.2, 0) is 14.8 Å². The van der Waals surface area contributed by atoms with E-state index in [0.29, 0.717) is 11.3 Å². The lowest BCUT2D eigenvalue weighted by Gasteiger charge is -2.25. The number of carboxylic acids is 1. The maximum atomic E-state index is 12.1. The van der Waals surface area contributed by atoms with Crippen molar-refractivity contribution in [3.05, 3.63) is 17.0 Å². The number of hydrogen-bond acceptors (Lipinski definition) is 5. The Morgan fingerprint density at radius 3 is 2.72 bits per heavy atom. The summed E-state index contributed by atoms with van der Waals surface area (Å²) in [6.07, 6.45) is 0. The molecule has 2 N–H and O–H groups in total. The van der Waals surface area contributed by atoms with E-state index >= 15 is 0 Å². The summed E-state index contributed by atoms with van der Waals surface area (Å²) >= 11 is 0.682. The molecular formula is C9H10N2O5S2. The number of carbonyl (C=O) groups is 2. The molecule has 0 atom stereocenters. The van der Waals surface area contributed by atoms with E-state index in [1.54, 1.807) is 0 Å². The lowest BCUT2D eigenvalue weighted by atomic mass is 10.4. The number of rotatable bonds is 3. The van der Waals surface area contributed by atoms with Crippen molar-refractivity contribution in [1.29, 1.82) is 0 Å². The van der Waals surface area contributed by atoms with Crippen LogP contribution in [0.3, 0.4) is 0 Å². The highest BCUT2D eigenvalue weighted by molar-refractivity contribution is 7.91. The minimum atomic E-state index is -3.78. The first-order valence-corrected chi connectivity index (χ1v) is 7.27. The van der Waals surface area contributed by atoms with Gasteiger partial charge in [0.15, 0.2) is 0 Å². The van der Waals surface area contributed by atoms with Crippen molar-refractivity contribution in [2.75, 3.05) is 19.6 Å². The van der Waals surface area contributed by atoms with E-state index in [-0.39, 0.29) is 34.6 Å². The van der Waals surface area contributed by atoms with Crippen molar-refractivity contribution in [1.82, 2.24) is 9.62 Å². The first-order chi connectivity index (χ1) is 8.41. The summed E-state index contributed by atoms with van der Waals surface area (Å²) in [7, 11) is -3.78. The number of amides is 1. The van der Waals surface area contributed by atoms with Crippen LogP contribution in [0.1, 0.15) is 9.67 Å². The number of piperazine rings is 1. The van der Waals surface area contributed by atoms with Gasteiger partial charge in [-0.2, -0.15) is 4.31 Å². The van der Waals surface area contributed by atoms with Crippen molar-refractivity contribution >= 4 is 33.2 Å². The van der Waals surface area contributed by atoms with Gasteiger partial charge < -0.3 is 10.4 Å². The number of nitrogens with one attached hydrogen (secondary N) is 1. The lowest BCUT2D eigenvalue weighted by Crippen LogP contribution is -2.49. The monoisotopic (exact) mass is 290 g/mol. The molecule has 1 aliphatic heterocycles. The Morgan fingerprint density at radius 1 is 1.44 bits per heavy atom. The van der Waals surface area contributed by atoms with Crippen LogP contribution in [0, 0.1) is 0 Å². The normalized spacial score (nSPS) is 17.4. The van der Waals surface area contributed by atoms with Gasteiger partial charge in [-0.25, -0.2) is 13.2 Å². The van der Waals surface area contributed by atoms with Crippen molar-refractivity contribution < 1.29 is 23.1 Å². The van der Waals surface area contributed by atoms with E-state index in [1.807, 2.05) is 0 Å². The number of thiophene rings is 1. The molecule has 1 fully saturated rings. The number of sulfonamides is 1. The number of carbonyl (C=O) groups excluding carboxylic acids is 1. The Morgan fingerprint density at radius 2 is 2.17 bits per heavy atom. The molecule has 2 rings (SSSR count). The zero-order valence-electron chi connectivity index (χ0n) is 9.12. The molecule has 0 bridgehead atoms. The van der Waals surface area contributed by atoms with Crippen molar-refractivity contribution in [2.45, 2.75) is 4.21 Å². The molecule has 0 aromatic carbocycles. The molecule has 7 nitrogen and oxygen atoms in total. The predicted molar refractivity (Wildman–Crippen MR) is 63.0 cm³/mol. The van der Waals surface area contributed by atoms with Gasteiger partial charge in [-0.05, 0) is 12.1 Å². The highest BCUT2D eigenvalue weighted by Gasteiger charge is 2.30. The highest BCUT2D eigenvalue weighted by atomic mass is 32.2. The fraction of sp³-hybridized carbons (Fsp3) is 0.333. The van der Waals surface area contributed by atoms with Gasteiger partial charge in [0.2, 0.25) is 5.91 Å². The van der Waals surface area contributed by atoms with E-state index in [9.17, 15) is 18.0 Å². The molecule has 0 aliphatic carbocycles. The molecule has 18 heavy (non-hydrogen) atoms. The van der Waals surface area contributed by atoms with E-state index in [0.717, 1.165) is 4.31 Å². The summed E-state index contributed by atoms with van der Waals surface area (Å²) in [6, 6.07) is 2.49. The standard InChI is InChI=1S/C9H10N2O5S2/c12-7-5-11(4-3-10-7)18(15,16)8-2-1-6(17-8)9(13)14/h1-2H,3-5H2,(H,10,12)(H,13,14). The van der Waals surface area contributed by atoms with Crippen LogP contribution in [0.25, 0.3) is 0 Å². The fourth-order valence-corrected chi connectivity index (χ4v) is 4.22. The average Bonchev–Trinajstić information content (AvgIpc) is 2.79. The Labute approximate surface area is 107 Å². The van der Waals surface area contributed by atoms with Gasteiger partial charge in [0, 0.05) is 13.1 Å². The molecule has 98 valence electrons. The third kappa shape index (κ3) is 2.37. The van der Waals surface area contributed by atoms with E-state index in [1.165, 1.54) is 12.1 Å². The van der Waals surface area contributed by atoms with Crippen LogP contribution in [0.4, 0.5) is 0 Å². The number of hydrogen-bond donors (Lipinski definition) is 2. The molecule has 0 saturated carbocycles. The van der Waals surface area contributed by atoms with Crippen LogP contribution in [-0.4, -0.2) is 49.3 Å². The predicted octanol–water partition coefficient (Wildman–Crippen LogP) is -0.433. The highest BCUT2D eigenvalue weighted by Crippen LogP contribution is 2.25. The Kier molecular flexibility index (Phi) is 3.37. The van der Waals surface area contributed by atoms with E-state index in [2.05, 4.69) is 5.32 Å². The van der Waals surface area contributed by atoms with E-state index in [4.69, 9.17) is 5.11 Å². The second-order valence-corrected chi connectivity index (χ2v) is 6.86. The van der Waals surface area contributed by atoms with Crippen molar-refractivity contribution in [3.8, 4) is 0 Å². The third-order valence-electron chi connectivity index (χ3n) is 2.39. The zero-order chi connectivity index (χ0) is 13.3. The number of aromatic carboxylic acids is 1. The maximum absolute atomic E-state index is 12.1. The van der Waals surface area contributed by atoms with Crippen LogP contribution in [0.15, 0.2) is 16.3 Å². The molecule has 1 aliphatic rings. The van der Waals surface area contributed by atoms with Crippen molar-refractivity contribution in [3.63, 3.8) is 0 Å². The summed E-state index contributed by atoms with van der Waals surface area (Å²) < 4.78 is 25.2.